The standard InChI is InChI=1S/C24H31FN2O2/c1-24-10-12-26(2)22(15-18-5-8-20(29)16-21(18)24)23(24)27(13-14-28)11-9-17-3-6-19(25)7-4-17/h3-8,16,22-23,28-29H,9-15H2,1-2H3. The highest BCUT2D eigenvalue weighted by Crippen LogP contribution is 2.47. The van der Waals surface area contributed by atoms with Gasteiger partial charge in [-0.15, -0.1) is 0 Å². The topological polar surface area (TPSA) is 46.9 Å². The molecule has 4 rings (SSSR count). The molecule has 1 aliphatic carbocycles. The lowest BCUT2D eigenvalue weighted by Crippen LogP contribution is -2.67. The molecule has 4 nitrogen and oxygen atoms in total. The number of rotatable bonds is 6. The summed E-state index contributed by atoms with van der Waals surface area (Å²) in [5, 5.41) is 20.0. The van der Waals surface area contributed by atoms with Gasteiger partial charge in [0, 0.05) is 30.6 Å². The Labute approximate surface area is 172 Å². The van der Waals surface area contributed by atoms with E-state index in [1.165, 1.54) is 23.3 Å². The zero-order valence-electron chi connectivity index (χ0n) is 17.3. The van der Waals surface area contributed by atoms with Crippen molar-refractivity contribution in [3.63, 3.8) is 0 Å². The minimum Gasteiger partial charge on any atom is -0.508 e. The number of phenols is 1. The fourth-order valence-corrected chi connectivity index (χ4v) is 5.54. The average molecular weight is 399 g/mol. The number of phenolic OH excluding ortho intramolecular Hbond substituents is 1. The second kappa shape index (κ2) is 8.05. The molecule has 1 saturated heterocycles. The SMILES string of the molecule is CN1CCC2(C)c3cc(O)ccc3CC1C2N(CCO)CCc1ccc(F)cc1. The van der Waals surface area contributed by atoms with Gasteiger partial charge in [0.15, 0.2) is 0 Å². The lowest BCUT2D eigenvalue weighted by molar-refractivity contribution is -0.0149. The number of likely N-dealkylation sites (tertiary alicyclic amines) is 1. The molecule has 0 radical (unpaired) electrons. The number of hydrogen-bond donors (Lipinski definition) is 2. The van der Waals surface area contributed by atoms with Gasteiger partial charge in [-0.25, -0.2) is 4.39 Å². The van der Waals surface area contributed by atoms with Crippen LogP contribution in [0, 0.1) is 5.82 Å². The third-order valence-corrected chi connectivity index (χ3v) is 7.09. The number of likely N-dealkylation sites (N-methyl/N-ethyl adjacent to an activating group) is 1. The van der Waals surface area contributed by atoms with E-state index in [-0.39, 0.29) is 23.9 Å². The molecule has 0 amide bonds. The Balaban J connectivity index is 1.66. The van der Waals surface area contributed by atoms with E-state index < -0.39 is 0 Å². The van der Waals surface area contributed by atoms with E-state index in [9.17, 15) is 14.6 Å². The van der Waals surface area contributed by atoms with Crippen molar-refractivity contribution in [1.29, 1.82) is 0 Å². The number of aliphatic hydroxyl groups is 1. The predicted molar refractivity (Wildman–Crippen MR) is 113 cm³/mol. The summed E-state index contributed by atoms with van der Waals surface area (Å²) in [5.74, 6) is 0.106. The molecule has 156 valence electrons. The zero-order chi connectivity index (χ0) is 20.6. The normalized spacial score (nSPS) is 26.5. The number of piperidine rings is 1. The Morgan fingerprint density at radius 3 is 2.66 bits per heavy atom. The van der Waals surface area contributed by atoms with Crippen LogP contribution in [0.3, 0.4) is 0 Å². The molecule has 3 unspecified atom stereocenters. The smallest absolute Gasteiger partial charge is 0.123 e. The van der Waals surface area contributed by atoms with Gasteiger partial charge in [0.1, 0.15) is 11.6 Å². The molecule has 29 heavy (non-hydrogen) atoms. The minimum absolute atomic E-state index is 0.0819. The molecule has 2 aromatic carbocycles. The third-order valence-electron chi connectivity index (χ3n) is 7.09. The van der Waals surface area contributed by atoms with E-state index in [1.54, 1.807) is 6.07 Å². The van der Waals surface area contributed by atoms with E-state index in [1.807, 2.05) is 18.2 Å². The summed E-state index contributed by atoms with van der Waals surface area (Å²) in [6.07, 6.45) is 2.78. The molecule has 0 aromatic heterocycles. The van der Waals surface area contributed by atoms with E-state index >= 15 is 0 Å². The van der Waals surface area contributed by atoms with Crippen molar-refractivity contribution in [1.82, 2.24) is 9.80 Å². The number of aromatic hydroxyl groups is 1. The molecule has 2 aliphatic rings. The fourth-order valence-electron chi connectivity index (χ4n) is 5.54. The van der Waals surface area contributed by atoms with Gasteiger partial charge in [0.2, 0.25) is 0 Å². The number of benzene rings is 2. The lowest BCUT2D eigenvalue weighted by atomic mass is 9.61. The van der Waals surface area contributed by atoms with Crippen molar-refractivity contribution in [3.05, 3.63) is 65.0 Å². The van der Waals surface area contributed by atoms with E-state index in [0.717, 1.165) is 37.9 Å². The maximum Gasteiger partial charge on any atom is 0.123 e. The van der Waals surface area contributed by atoms with Crippen LogP contribution in [0.25, 0.3) is 0 Å². The third kappa shape index (κ3) is 3.79. The van der Waals surface area contributed by atoms with Crippen LogP contribution in [0.2, 0.25) is 0 Å². The number of hydrogen-bond acceptors (Lipinski definition) is 4. The monoisotopic (exact) mass is 398 g/mol. The molecular weight excluding hydrogens is 367 g/mol. The van der Waals surface area contributed by atoms with Crippen molar-refractivity contribution in [2.75, 3.05) is 33.3 Å². The highest BCUT2D eigenvalue weighted by Gasteiger charge is 2.51. The van der Waals surface area contributed by atoms with Gasteiger partial charge in [-0.3, -0.25) is 4.90 Å². The Bertz CT molecular complexity index is 856. The summed E-state index contributed by atoms with van der Waals surface area (Å²) in [4.78, 5) is 4.86. The van der Waals surface area contributed by atoms with Crippen molar-refractivity contribution < 1.29 is 14.6 Å². The van der Waals surface area contributed by atoms with Gasteiger partial charge in [-0.2, -0.15) is 0 Å². The molecular formula is C24H31FN2O2. The predicted octanol–water partition coefficient (Wildman–Crippen LogP) is 2.95. The number of fused-ring (bicyclic) bond motifs is 4. The first-order valence-corrected chi connectivity index (χ1v) is 10.5. The molecule has 2 bridgehead atoms. The Morgan fingerprint density at radius 1 is 1.17 bits per heavy atom. The summed E-state index contributed by atoms with van der Waals surface area (Å²) in [7, 11) is 2.19. The van der Waals surface area contributed by atoms with Crippen LogP contribution in [-0.2, 0) is 18.3 Å². The van der Waals surface area contributed by atoms with E-state index in [2.05, 4.69) is 29.8 Å². The first-order chi connectivity index (χ1) is 13.9. The summed E-state index contributed by atoms with van der Waals surface area (Å²) in [6, 6.07) is 13.1. The number of aliphatic hydroxyl groups excluding tert-OH is 1. The molecule has 3 atom stereocenters. The van der Waals surface area contributed by atoms with E-state index in [4.69, 9.17) is 0 Å². The highest BCUT2D eigenvalue weighted by molar-refractivity contribution is 5.45. The Kier molecular flexibility index (Phi) is 5.65. The van der Waals surface area contributed by atoms with Crippen LogP contribution in [0.15, 0.2) is 42.5 Å². The Hall–Kier alpha value is -1.95. The summed E-state index contributed by atoms with van der Waals surface area (Å²) in [5.41, 5.74) is 3.59. The van der Waals surface area contributed by atoms with Crippen molar-refractivity contribution in [3.8, 4) is 5.75 Å². The highest BCUT2D eigenvalue weighted by atomic mass is 19.1. The summed E-state index contributed by atoms with van der Waals surface area (Å²) >= 11 is 0. The van der Waals surface area contributed by atoms with Crippen LogP contribution in [0.4, 0.5) is 4.39 Å². The van der Waals surface area contributed by atoms with Gasteiger partial charge in [-0.05, 0) is 73.8 Å². The van der Waals surface area contributed by atoms with Gasteiger partial charge in [-0.1, -0.05) is 25.1 Å². The summed E-state index contributed by atoms with van der Waals surface area (Å²) < 4.78 is 13.3. The Morgan fingerprint density at radius 2 is 1.93 bits per heavy atom. The minimum atomic E-state index is -0.215. The maximum atomic E-state index is 13.3. The van der Waals surface area contributed by atoms with Crippen LogP contribution >= 0.6 is 0 Å². The molecule has 1 aliphatic heterocycles. The lowest BCUT2D eigenvalue weighted by Gasteiger charge is -2.58. The molecule has 2 aromatic rings. The second-order valence-electron chi connectivity index (χ2n) is 8.84. The van der Waals surface area contributed by atoms with Crippen LogP contribution < -0.4 is 0 Å². The molecule has 0 saturated carbocycles. The van der Waals surface area contributed by atoms with Crippen molar-refractivity contribution >= 4 is 0 Å². The number of nitrogens with zero attached hydrogens (tertiary/aromatic N) is 2. The largest absolute Gasteiger partial charge is 0.508 e. The molecule has 0 spiro atoms. The number of halogens is 1. The van der Waals surface area contributed by atoms with Gasteiger partial charge in [0.05, 0.1) is 6.61 Å². The van der Waals surface area contributed by atoms with Crippen LogP contribution in [-0.4, -0.2) is 65.4 Å². The quantitative estimate of drug-likeness (QED) is 0.786. The van der Waals surface area contributed by atoms with Crippen LogP contribution in [0.1, 0.15) is 30.0 Å². The first-order valence-electron chi connectivity index (χ1n) is 10.5. The molecule has 2 N–H and O–H groups in total. The average Bonchev–Trinajstić information content (AvgIpc) is 2.70. The molecule has 5 heteroatoms. The second-order valence-corrected chi connectivity index (χ2v) is 8.84. The summed E-state index contributed by atoms with van der Waals surface area (Å²) in [6.45, 7) is 4.87. The van der Waals surface area contributed by atoms with Crippen LogP contribution in [0.5, 0.6) is 5.75 Å². The van der Waals surface area contributed by atoms with Gasteiger partial charge >= 0.3 is 0 Å². The van der Waals surface area contributed by atoms with Gasteiger partial charge in [0.25, 0.3) is 0 Å². The van der Waals surface area contributed by atoms with E-state index in [0.29, 0.717) is 18.3 Å². The van der Waals surface area contributed by atoms with Crippen molar-refractivity contribution in [2.24, 2.45) is 0 Å². The van der Waals surface area contributed by atoms with Crippen molar-refractivity contribution in [2.45, 2.75) is 43.7 Å². The fraction of sp³-hybridized carbons (Fsp3) is 0.500. The first kappa shape index (κ1) is 20.3. The van der Waals surface area contributed by atoms with Gasteiger partial charge < -0.3 is 15.1 Å². The molecule has 1 fully saturated rings. The zero-order valence-corrected chi connectivity index (χ0v) is 17.3. The maximum absolute atomic E-state index is 13.3. The molecule has 1 heterocycles.